The number of thioether (sulfide) groups is 1. The summed E-state index contributed by atoms with van der Waals surface area (Å²) in [5.41, 5.74) is 0.913. The number of rotatable bonds is 8. The number of methoxy groups -OCH3 is 1. The predicted octanol–water partition coefficient (Wildman–Crippen LogP) is 1.02. The van der Waals surface area contributed by atoms with Crippen LogP contribution in [0.4, 0.5) is 0 Å². The first-order valence-electron chi connectivity index (χ1n) is 8.57. The topological polar surface area (TPSA) is 94.4 Å². The van der Waals surface area contributed by atoms with E-state index < -0.39 is 9.84 Å². The molecule has 0 saturated carbocycles. The van der Waals surface area contributed by atoms with Gasteiger partial charge in [0.2, 0.25) is 5.91 Å². The quantitative estimate of drug-likeness (QED) is 0.600. The number of benzene rings is 1. The highest BCUT2D eigenvalue weighted by Gasteiger charge is 2.34. The van der Waals surface area contributed by atoms with Crippen LogP contribution in [0.25, 0.3) is 5.69 Å². The molecule has 0 spiro atoms. The fourth-order valence-corrected chi connectivity index (χ4v) is 5.57. The first kappa shape index (κ1) is 19.8. The molecule has 1 aliphatic heterocycles. The molecule has 0 unspecified atom stereocenters. The molecule has 1 atom stereocenters. The maximum atomic E-state index is 12.8. The minimum atomic E-state index is -3.07. The fourth-order valence-electron chi connectivity index (χ4n) is 3.02. The lowest BCUT2D eigenvalue weighted by atomic mass is 10.2. The van der Waals surface area contributed by atoms with Gasteiger partial charge in [-0.2, -0.15) is 0 Å². The van der Waals surface area contributed by atoms with E-state index in [4.69, 9.17) is 4.74 Å². The monoisotopic (exact) mass is 410 g/mol. The number of nitrogens with zero attached hydrogens (tertiary/aromatic N) is 4. The number of carbonyl (C=O) groups is 1. The van der Waals surface area contributed by atoms with Crippen LogP contribution in [-0.2, 0) is 19.4 Å². The Bertz CT molecular complexity index is 870. The number of hydrogen-bond donors (Lipinski definition) is 0. The zero-order valence-electron chi connectivity index (χ0n) is 15.0. The third kappa shape index (κ3) is 5.08. The molecule has 1 aliphatic rings. The Labute approximate surface area is 162 Å². The molecule has 0 bridgehead atoms. The van der Waals surface area contributed by atoms with Crippen LogP contribution < -0.4 is 0 Å². The number of hydrogen-bond acceptors (Lipinski definition) is 7. The molecule has 1 fully saturated rings. The van der Waals surface area contributed by atoms with Crippen molar-refractivity contribution in [1.82, 2.24) is 19.7 Å². The van der Waals surface area contributed by atoms with Crippen LogP contribution in [-0.4, -0.2) is 77.6 Å². The number of amides is 1. The standard InChI is InChI=1S/C17H22N4O4S2/c1-25-9-8-20(15-7-10-27(23,24)12-15)16(22)11-26-17-19-18-13-21(17)14-5-3-2-4-6-14/h2-6,13,15H,7-12H2,1H3/t15-/m0/s1. The fraction of sp³-hybridized carbons (Fsp3) is 0.471. The summed E-state index contributed by atoms with van der Waals surface area (Å²) in [4.78, 5) is 14.4. The number of aromatic nitrogens is 3. The molecule has 1 aromatic heterocycles. The summed E-state index contributed by atoms with van der Waals surface area (Å²) in [6.45, 7) is 0.745. The lowest BCUT2D eigenvalue weighted by molar-refractivity contribution is -0.130. The average Bonchev–Trinajstić information content (AvgIpc) is 3.27. The van der Waals surface area contributed by atoms with Crippen molar-refractivity contribution in [3.05, 3.63) is 36.7 Å². The number of para-hydroxylation sites is 1. The third-order valence-electron chi connectivity index (χ3n) is 4.38. The Morgan fingerprint density at radius 2 is 2.15 bits per heavy atom. The summed E-state index contributed by atoms with van der Waals surface area (Å²) in [5, 5.41) is 8.64. The summed E-state index contributed by atoms with van der Waals surface area (Å²) < 4.78 is 30.5. The smallest absolute Gasteiger partial charge is 0.233 e. The number of sulfone groups is 1. The summed E-state index contributed by atoms with van der Waals surface area (Å²) >= 11 is 1.29. The van der Waals surface area contributed by atoms with E-state index in [1.165, 1.54) is 11.8 Å². The molecular formula is C17H22N4O4S2. The molecule has 0 N–H and O–H groups in total. The molecule has 3 rings (SSSR count). The van der Waals surface area contributed by atoms with Gasteiger partial charge >= 0.3 is 0 Å². The molecule has 2 aromatic rings. The minimum Gasteiger partial charge on any atom is -0.383 e. The van der Waals surface area contributed by atoms with Crippen LogP contribution in [0.2, 0.25) is 0 Å². The summed E-state index contributed by atoms with van der Waals surface area (Å²) in [7, 11) is -1.51. The SMILES string of the molecule is COCCN(C(=O)CSc1nncn1-c1ccccc1)[C@H]1CCS(=O)(=O)C1. The van der Waals surface area contributed by atoms with Crippen LogP contribution in [0.1, 0.15) is 6.42 Å². The van der Waals surface area contributed by atoms with Crippen molar-refractivity contribution in [2.24, 2.45) is 0 Å². The Morgan fingerprint density at radius 3 is 2.81 bits per heavy atom. The molecule has 8 nitrogen and oxygen atoms in total. The Kier molecular flexibility index (Phi) is 6.51. The maximum Gasteiger partial charge on any atom is 0.233 e. The summed E-state index contributed by atoms with van der Waals surface area (Å²) in [5.74, 6) is 0.185. The van der Waals surface area contributed by atoms with E-state index in [1.807, 2.05) is 34.9 Å². The number of ether oxygens (including phenoxy) is 1. The van der Waals surface area contributed by atoms with Crippen LogP contribution in [0.3, 0.4) is 0 Å². The average molecular weight is 411 g/mol. The first-order chi connectivity index (χ1) is 13.0. The number of carbonyl (C=O) groups excluding carboxylic acids is 1. The van der Waals surface area contributed by atoms with Crippen LogP contribution in [0, 0.1) is 0 Å². The van der Waals surface area contributed by atoms with Gasteiger partial charge in [0, 0.05) is 25.4 Å². The molecular weight excluding hydrogens is 388 g/mol. The second kappa shape index (κ2) is 8.85. The highest BCUT2D eigenvalue weighted by molar-refractivity contribution is 7.99. The van der Waals surface area contributed by atoms with E-state index in [1.54, 1.807) is 18.3 Å². The Morgan fingerprint density at radius 1 is 1.37 bits per heavy atom. The van der Waals surface area contributed by atoms with E-state index in [0.717, 1.165) is 5.69 Å². The normalized spacial score (nSPS) is 18.5. The largest absolute Gasteiger partial charge is 0.383 e. The van der Waals surface area contributed by atoms with Crippen molar-refractivity contribution in [3.8, 4) is 5.69 Å². The van der Waals surface area contributed by atoms with Crippen molar-refractivity contribution in [2.45, 2.75) is 17.6 Å². The molecule has 10 heteroatoms. The molecule has 1 amide bonds. The van der Waals surface area contributed by atoms with E-state index >= 15 is 0 Å². The second-order valence-electron chi connectivity index (χ2n) is 6.24. The van der Waals surface area contributed by atoms with Gasteiger partial charge in [0.25, 0.3) is 0 Å². The molecule has 1 aromatic carbocycles. The first-order valence-corrected chi connectivity index (χ1v) is 11.4. The maximum absolute atomic E-state index is 12.8. The molecule has 2 heterocycles. The summed E-state index contributed by atoms with van der Waals surface area (Å²) in [6.07, 6.45) is 2.08. The van der Waals surface area contributed by atoms with Crippen molar-refractivity contribution in [3.63, 3.8) is 0 Å². The van der Waals surface area contributed by atoms with Gasteiger partial charge in [0.1, 0.15) is 6.33 Å². The van der Waals surface area contributed by atoms with Gasteiger partial charge in [-0.3, -0.25) is 9.36 Å². The highest BCUT2D eigenvalue weighted by Crippen LogP contribution is 2.22. The summed E-state index contributed by atoms with van der Waals surface area (Å²) in [6, 6.07) is 9.34. The Hall–Kier alpha value is -1.91. The predicted molar refractivity (Wildman–Crippen MR) is 103 cm³/mol. The lowest BCUT2D eigenvalue weighted by Crippen LogP contribution is -2.44. The Balaban J connectivity index is 1.67. The van der Waals surface area contributed by atoms with Gasteiger partial charge < -0.3 is 9.64 Å². The molecule has 1 saturated heterocycles. The van der Waals surface area contributed by atoms with E-state index in [-0.39, 0.29) is 29.2 Å². The van der Waals surface area contributed by atoms with E-state index in [2.05, 4.69) is 10.2 Å². The van der Waals surface area contributed by atoms with Gasteiger partial charge in [0.05, 0.1) is 23.9 Å². The van der Waals surface area contributed by atoms with Crippen molar-refractivity contribution >= 4 is 27.5 Å². The van der Waals surface area contributed by atoms with E-state index in [0.29, 0.717) is 24.7 Å². The zero-order valence-corrected chi connectivity index (χ0v) is 16.7. The van der Waals surface area contributed by atoms with Crippen molar-refractivity contribution in [2.75, 3.05) is 37.5 Å². The minimum absolute atomic E-state index is 0.0211. The van der Waals surface area contributed by atoms with Gasteiger partial charge in [-0.25, -0.2) is 8.42 Å². The van der Waals surface area contributed by atoms with Crippen LogP contribution in [0.15, 0.2) is 41.8 Å². The third-order valence-corrected chi connectivity index (χ3v) is 7.06. The molecule has 0 radical (unpaired) electrons. The van der Waals surface area contributed by atoms with Crippen LogP contribution >= 0.6 is 11.8 Å². The molecule has 146 valence electrons. The van der Waals surface area contributed by atoms with Gasteiger partial charge in [-0.05, 0) is 18.6 Å². The molecule has 0 aliphatic carbocycles. The zero-order chi connectivity index (χ0) is 19.3. The second-order valence-corrected chi connectivity index (χ2v) is 9.42. The van der Waals surface area contributed by atoms with Crippen molar-refractivity contribution < 1.29 is 17.9 Å². The van der Waals surface area contributed by atoms with Crippen molar-refractivity contribution in [1.29, 1.82) is 0 Å². The van der Waals surface area contributed by atoms with E-state index in [9.17, 15) is 13.2 Å². The van der Waals surface area contributed by atoms with Gasteiger partial charge in [-0.1, -0.05) is 30.0 Å². The van der Waals surface area contributed by atoms with Crippen LogP contribution in [0.5, 0.6) is 0 Å². The molecule has 27 heavy (non-hydrogen) atoms. The highest BCUT2D eigenvalue weighted by atomic mass is 32.2. The van der Waals surface area contributed by atoms with Gasteiger partial charge in [0.15, 0.2) is 15.0 Å². The lowest BCUT2D eigenvalue weighted by Gasteiger charge is -2.28. The van der Waals surface area contributed by atoms with Gasteiger partial charge in [-0.15, -0.1) is 10.2 Å².